The van der Waals surface area contributed by atoms with E-state index in [0.29, 0.717) is 5.56 Å². The lowest BCUT2D eigenvalue weighted by Gasteiger charge is -2.54. The van der Waals surface area contributed by atoms with Gasteiger partial charge in [-0.3, -0.25) is 4.99 Å². The quantitative estimate of drug-likeness (QED) is 0.809. The minimum atomic E-state index is 0.0921. The summed E-state index contributed by atoms with van der Waals surface area (Å²) in [6.07, 6.45) is 9.76. The summed E-state index contributed by atoms with van der Waals surface area (Å²) in [5, 5.41) is 19.2. The van der Waals surface area contributed by atoms with E-state index < -0.39 is 0 Å². The highest BCUT2D eigenvalue weighted by Crippen LogP contribution is 2.57. The molecule has 4 aliphatic carbocycles. The van der Waals surface area contributed by atoms with Crippen LogP contribution < -0.4 is 0 Å². The minimum absolute atomic E-state index is 0.0921. The number of benzene rings is 1. The Balaban J connectivity index is 1.60. The summed E-state index contributed by atoms with van der Waals surface area (Å²) in [5.74, 6) is 2.85. The lowest BCUT2D eigenvalue weighted by molar-refractivity contribution is 0.00195. The van der Waals surface area contributed by atoms with Crippen LogP contribution in [-0.2, 0) is 0 Å². The molecule has 3 heteroatoms. The molecule has 0 aromatic heterocycles. The van der Waals surface area contributed by atoms with Crippen LogP contribution >= 0.6 is 0 Å². The Morgan fingerprint density at radius 1 is 1.00 bits per heavy atom. The van der Waals surface area contributed by atoms with E-state index in [2.05, 4.69) is 0 Å². The number of phenols is 2. The number of nitrogens with zero attached hydrogens (tertiary/aromatic N) is 1. The third-order valence-electron chi connectivity index (χ3n) is 5.50. The Morgan fingerprint density at radius 3 is 2.15 bits per heavy atom. The maximum atomic E-state index is 9.85. The predicted octanol–water partition coefficient (Wildman–Crippen LogP) is 3.49. The van der Waals surface area contributed by atoms with Crippen LogP contribution in [0, 0.1) is 17.8 Å². The van der Waals surface area contributed by atoms with Crippen molar-refractivity contribution in [2.45, 2.75) is 44.1 Å². The van der Waals surface area contributed by atoms with E-state index in [0.717, 1.165) is 17.8 Å². The van der Waals surface area contributed by atoms with Crippen LogP contribution in [0.4, 0.5) is 0 Å². The van der Waals surface area contributed by atoms with Gasteiger partial charge in [0.1, 0.15) is 11.5 Å². The molecule has 0 heterocycles. The Hall–Kier alpha value is -1.51. The van der Waals surface area contributed by atoms with Gasteiger partial charge in [0.25, 0.3) is 0 Å². The highest BCUT2D eigenvalue weighted by atomic mass is 16.3. The first kappa shape index (κ1) is 12.2. The average molecular weight is 271 g/mol. The molecule has 4 bridgehead atoms. The molecule has 4 aliphatic rings. The molecule has 106 valence electrons. The smallest absolute Gasteiger partial charge is 0.128 e. The SMILES string of the molecule is Oc1ccc(/C=N/C23CC4CC(CC(C4)C2)C3)c(O)c1. The molecule has 5 rings (SSSR count). The standard InChI is InChI=1S/C17H21NO2/c19-15-2-1-14(16(20)6-15)10-18-17-7-11-3-12(8-17)5-13(4-11)9-17/h1-2,6,10-13,19-20H,3-5,7-9H2/b18-10+. The molecule has 4 saturated carbocycles. The summed E-state index contributed by atoms with van der Waals surface area (Å²) in [6.45, 7) is 0. The van der Waals surface area contributed by atoms with Gasteiger partial charge in [-0.05, 0) is 68.4 Å². The molecule has 0 aliphatic heterocycles. The molecule has 0 amide bonds. The van der Waals surface area contributed by atoms with E-state index in [1.807, 2.05) is 6.21 Å². The molecule has 4 fully saturated rings. The van der Waals surface area contributed by atoms with Crippen LogP contribution in [0.1, 0.15) is 44.1 Å². The Morgan fingerprint density at radius 2 is 1.60 bits per heavy atom. The topological polar surface area (TPSA) is 52.8 Å². The van der Waals surface area contributed by atoms with Crippen molar-refractivity contribution in [3.63, 3.8) is 0 Å². The summed E-state index contributed by atoms with van der Waals surface area (Å²) < 4.78 is 0. The van der Waals surface area contributed by atoms with Crippen LogP contribution in [0.3, 0.4) is 0 Å². The van der Waals surface area contributed by atoms with Crippen molar-refractivity contribution in [3.05, 3.63) is 23.8 Å². The maximum Gasteiger partial charge on any atom is 0.128 e. The first-order valence-electron chi connectivity index (χ1n) is 7.69. The lowest BCUT2D eigenvalue weighted by Crippen LogP contribution is -2.49. The Bertz CT molecular complexity index is 529. The van der Waals surface area contributed by atoms with Gasteiger partial charge in [0.15, 0.2) is 0 Å². The van der Waals surface area contributed by atoms with Crippen molar-refractivity contribution in [2.75, 3.05) is 0 Å². The summed E-state index contributed by atoms with van der Waals surface area (Å²) in [4.78, 5) is 4.91. The van der Waals surface area contributed by atoms with Crippen LogP contribution in [0.5, 0.6) is 11.5 Å². The molecular formula is C17H21NO2. The van der Waals surface area contributed by atoms with Gasteiger partial charge < -0.3 is 10.2 Å². The fourth-order valence-corrected chi connectivity index (χ4v) is 5.07. The summed E-state index contributed by atoms with van der Waals surface area (Å²) in [7, 11) is 0. The number of hydrogen-bond acceptors (Lipinski definition) is 3. The first-order chi connectivity index (χ1) is 9.62. The normalized spacial score (nSPS) is 38.7. The second-order valence-electron chi connectivity index (χ2n) is 7.14. The van der Waals surface area contributed by atoms with E-state index >= 15 is 0 Å². The Kier molecular flexibility index (Phi) is 2.60. The van der Waals surface area contributed by atoms with Gasteiger partial charge in [-0.1, -0.05) is 0 Å². The third kappa shape index (κ3) is 2.00. The number of aromatic hydroxyl groups is 2. The zero-order valence-corrected chi connectivity index (χ0v) is 11.6. The molecule has 3 nitrogen and oxygen atoms in total. The van der Waals surface area contributed by atoms with E-state index in [1.54, 1.807) is 12.1 Å². The zero-order chi connectivity index (χ0) is 13.7. The van der Waals surface area contributed by atoms with Crippen molar-refractivity contribution in [2.24, 2.45) is 22.7 Å². The monoisotopic (exact) mass is 271 g/mol. The van der Waals surface area contributed by atoms with E-state index in [9.17, 15) is 10.2 Å². The fourth-order valence-electron chi connectivity index (χ4n) is 5.07. The van der Waals surface area contributed by atoms with Crippen molar-refractivity contribution in [3.8, 4) is 11.5 Å². The number of aliphatic imine (C=N–C) groups is 1. The fraction of sp³-hybridized carbons (Fsp3) is 0.588. The van der Waals surface area contributed by atoms with Crippen molar-refractivity contribution >= 4 is 6.21 Å². The van der Waals surface area contributed by atoms with Crippen LogP contribution in [0.2, 0.25) is 0 Å². The van der Waals surface area contributed by atoms with Crippen molar-refractivity contribution in [1.29, 1.82) is 0 Å². The second-order valence-corrected chi connectivity index (χ2v) is 7.14. The van der Waals surface area contributed by atoms with Gasteiger partial charge in [-0.25, -0.2) is 0 Å². The van der Waals surface area contributed by atoms with Gasteiger partial charge in [-0.2, -0.15) is 0 Å². The molecule has 20 heavy (non-hydrogen) atoms. The molecule has 0 spiro atoms. The van der Waals surface area contributed by atoms with Crippen molar-refractivity contribution in [1.82, 2.24) is 0 Å². The van der Waals surface area contributed by atoms with E-state index in [4.69, 9.17) is 4.99 Å². The highest BCUT2D eigenvalue weighted by molar-refractivity contribution is 5.84. The van der Waals surface area contributed by atoms with Gasteiger partial charge in [0.2, 0.25) is 0 Å². The van der Waals surface area contributed by atoms with Crippen LogP contribution in [0.15, 0.2) is 23.2 Å². The van der Waals surface area contributed by atoms with Gasteiger partial charge in [0.05, 0.1) is 5.54 Å². The maximum absolute atomic E-state index is 9.85. The molecule has 1 aromatic carbocycles. The second kappa shape index (κ2) is 4.24. The number of hydrogen-bond donors (Lipinski definition) is 2. The largest absolute Gasteiger partial charge is 0.508 e. The summed E-state index contributed by atoms with van der Waals surface area (Å²) in [5.41, 5.74) is 0.845. The van der Waals surface area contributed by atoms with Gasteiger partial charge in [-0.15, -0.1) is 0 Å². The molecular weight excluding hydrogens is 250 g/mol. The lowest BCUT2D eigenvalue weighted by atomic mass is 9.53. The summed E-state index contributed by atoms with van der Waals surface area (Å²) >= 11 is 0. The third-order valence-corrected chi connectivity index (χ3v) is 5.50. The van der Waals surface area contributed by atoms with Crippen LogP contribution in [0.25, 0.3) is 0 Å². The van der Waals surface area contributed by atoms with Gasteiger partial charge >= 0.3 is 0 Å². The summed E-state index contributed by atoms with van der Waals surface area (Å²) in [6, 6.07) is 4.70. The molecule has 2 N–H and O–H groups in total. The average Bonchev–Trinajstić information content (AvgIpc) is 2.36. The Labute approximate surface area is 119 Å². The molecule has 0 saturated heterocycles. The zero-order valence-electron chi connectivity index (χ0n) is 11.6. The van der Waals surface area contributed by atoms with Gasteiger partial charge in [0, 0.05) is 17.8 Å². The number of phenolic OH excluding ortho intramolecular Hbond substituents is 2. The molecule has 1 aromatic rings. The molecule has 0 radical (unpaired) electrons. The van der Waals surface area contributed by atoms with Crippen LogP contribution in [-0.4, -0.2) is 22.0 Å². The molecule has 0 unspecified atom stereocenters. The number of rotatable bonds is 2. The minimum Gasteiger partial charge on any atom is -0.508 e. The van der Waals surface area contributed by atoms with Crippen molar-refractivity contribution < 1.29 is 10.2 Å². The van der Waals surface area contributed by atoms with E-state index in [-0.39, 0.29) is 17.0 Å². The highest BCUT2D eigenvalue weighted by Gasteiger charge is 2.50. The predicted molar refractivity (Wildman–Crippen MR) is 78.3 cm³/mol. The molecule has 0 atom stereocenters. The first-order valence-corrected chi connectivity index (χ1v) is 7.69. The van der Waals surface area contributed by atoms with E-state index in [1.165, 1.54) is 44.6 Å².